The van der Waals surface area contributed by atoms with Gasteiger partial charge in [-0.25, -0.2) is 0 Å². The number of ether oxygens (including phenoxy) is 1. The minimum absolute atomic E-state index is 0.311. The van der Waals surface area contributed by atoms with Crippen molar-refractivity contribution in [2.24, 2.45) is 0 Å². The van der Waals surface area contributed by atoms with Gasteiger partial charge in [-0.05, 0) is 43.7 Å². The van der Waals surface area contributed by atoms with Gasteiger partial charge < -0.3 is 19.9 Å². The molecule has 1 N–H and O–H groups in total. The van der Waals surface area contributed by atoms with E-state index in [1.807, 2.05) is 20.2 Å². The van der Waals surface area contributed by atoms with Gasteiger partial charge in [0.05, 0.1) is 12.7 Å². The lowest BCUT2D eigenvalue weighted by molar-refractivity contribution is 0.0414. The van der Waals surface area contributed by atoms with Crippen molar-refractivity contribution >= 4 is 17.6 Å². The molecule has 0 spiro atoms. The second-order valence-corrected chi connectivity index (χ2v) is 10.4. The molecule has 1 saturated heterocycles. The molecule has 1 aliphatic carbocycles. The van der Waals surface area contributed by atoms with E-state index in [4.69, 9.17) is 14.7 Å². The van der Waals surface area contributed by atoms with Gasteiger partial charge >= 0.3 is 0 Å². The summed E-state index contributed by atoms with van der Waals surface area (Å²) in [6, 6.07) is 13.2. The molecule has 2 aliphatic rings. The van der Waals surface area contributed by atoms with Crippen molar-refractivity contribution in [2.75, 3.05) is 62.0 Å². The Morgan fingerprint density at radius 2 is 1.82 bits per heavy atom. The van der Waals surface area contributed by atoms with Crippen molar-refractivity contribution < 1.29 is 4.74 Å². The second-order valence-electron chi connectivity index (χ2n) is 10.4. The Morgan fingerprint density at radius 3 is 2.47 bits per heavy atom. The molecular formula is C31H44N6O. The summed E-state index contributed by atoms with van der Waals surface area (Å²) in [5.74, 6) is 2.68. The Morgan fingerprint density at radius 1 is 1.08 bits per heavy atom. The lowest BCUT2D eigenvalue weighted by Gasteiger charge is -2.35. The minimum Gasteiger partial charge on any atom is -0.374 e. The maximum atomic E-state index is 6.20. The first-order chi connectivity index (χ1) is 18.5. The summed E-state index contributed by atoms with van der Waals surface area (Å²) in [6.45, 7) is 11.3. The van der Waals surface area contributed by atoms with E-state index in [0.29, 0.717) is 18.8 Å². The summed E-state index contributed by atoms with van der Waals surface area (Å²) in [4.78, 5) is 16.7. The normalized spacial score (nSPS) is 21.0. The summed E-state index contributed by atoms with van der Waals surface area (Å²) >= 11 is 0. The quantitative estimate of drug-likeness (QED) is 0.407. The van der Waals surface area contributed by atoms with Gasteiger partial charge in [-0.15, -0.1) is 0 Å². The average Bonchev–Trinajstić information content (AvgIpc) is 2.95. The maximum Gasteiger partial charge on any atom is 0.229 e. The SMILES string of the molecule is C=C/C=C\C(=C/C)COC1CCC(Nc2cc(N(C)C)nc(N3CCN(Cc4ccccc4)CC3)n2)CC1. The number of anilines is 3. The zero-order chi connectivity index (χ0) is 26.7. The molecule has 2 heterocycles. The number of hydrogen-bond acceptors (Lipinski definition) is 7. The van der Waals surface area contributed by atoms with E-state index < -0.39 is 0 Å². The Labute approximate surface area is 228 Å². The second kappa shape index (κ2) is 14.1. The van der Waals surface area contributed by atoms with Crippen molar-refractivity contribution in [1.82, 2.24) is 14.9 Å². The standard InChI is InChI=1S/C31H44N6O/c1-5-7-11-25(6-2)24-38-28-16-14-27(15-17-28)32-29-22-30(35(3)4)34-31(33-29)37-20-18-36(19-21-37)23-26-12-9-8-10-13-26/h5-13,22,27-28H,1,14-21,23-24H2,2-4H3,(H,32,33,34)/b11-7-,25-6+. The van der Waals surface area contributed by atoms with E-state index in [9.17, 15) is 0 Å². The van der Waals surface area contributed by atoms with Crippen LogP contribution in [0.1, 0.15) is 38.2 Å². The molecule has 38 heavy (non-hydrogen) atoms. The molecule has 2 fully saturated rings. The largest absolute Gasteiger partial charge is 0.374 e. The molecule has 1 saturated carbocycles. The van der Waals surface area contributed by atoms with Gasteiger partial charge in [0.2, 0.25) is 5.95 Å². The number of nitrogens with zero attached hydrogens (tertiary/aromatic N) is 5. The van der Waals surface area contributed by atoms with Gasteiger partial charge in [0.15, 0.2) is 0 Å². The van der Waals surface area contributed by atoms with E-state index in [0.717, 1.165) is 76.0 Å². The van der Waals surface area contributed by atoms with Crippen molar-refractivity contribution in [3.8, 4) is 0 Å². The predicted octanol–water partition coefficient (Wildman–Crippen LogP) is 5.29. The lowest BCUT2D eigenvalue weighted by atomic mass is 9.93. The van der Waals surface area contributed by atoms with Gasteiger partial charge in [-0.1, -0.05) is 61.2 Å². The molecule has 0 radical (unpaired) electrons. The Hall–Kier alpha value is -3.16. The van der Waals surface area contributed by atoms with Crippen LogP contribution in [0.25, 0.3) is 0 Å². The first-order valence-electron chi connectivity index (χ1n) is 13.9. The van der Waals surface area contributed by atoms with Crippen molar-refractivity contribution in [3.63, 3.8) is 0 Å². The molecule has 7 heteroatoms. The van der Waals surface area contributed by atoms with Gasteiger partial charge in [-0.3, -0.25) is 4.90 Å². The number of aromatic nitrogens is 2. The highest BCUT2D eigenvalue weighted by Crippen LogP contribution is 2.27. The van der Waals surface area contributed by atoms with Crippen LogP contribution in [0.5, 0.6) is 0 Å². The fraction of sp³-hybridized carbons (Fsp3) is 0.484. The van der Waals surface area contributed by atoms with Crippen LogP contribution in [0.3, 0.4) is 0 Å². The number of allylic oxidation sites excluding steroid dienone is 3. The third-order valence-corrected chi connectivity index (χ3v) is 7.39. The van der Waals surface area contributed by atoms with E-state index >= 15 is 0 Å². The third kappa shape index (κ3) is 8.17. The summed E-state index contributed by atoms with van der Waals surface area (Å²) in [5, 5.41) is 3.72. The van der Waals surface area contributed by atoms with Crippen LogP contribution in [-0.4, -0.2) is 73.9 Å². The summed E-state index contributed by atoms with van der Waals surface area (Å²) in [6.07, 6.45) is 12.5. The molecule has 7 nitrogen and oxygen atoms in total. The van der Waals surface area contributed by atoms with Crippen LogP contribution < -0.4 is 15.1 Å². The molecule has 1 aromatic carbocycles. The van der Waals surface area contributed by atoms with Crippen LogP contribution in [-0.2, 0) is 11.3 Å². The van der Waals surface area contributed by atoms with E-state index in [1.54, 1.807) is 6.08 Å². The van der Waals surface area contributed by atoms with Crippen LogP contribution in [0.15, 0.2) is 72.9 Å². The molecule has 1 aromatic heterocycles. The van der Waals surface area contributed by atoms with Gasteiger partial charge in [0.25, 0.3) is 0 Å². The van der Waals surface area contributed by atoms with E-state index in [1.165, 1.54) is 11.1 Å². The smallest absolute Gasteiger partial charge is 0.229 e. The molecular weight excluding hydrogens is 472 g/mol. The number of nitrogens with one attached hydrogen (secondary N) is 1. The van der Waals surface area contributed by atoms with Gasteiger partial charge in [0, 0.05) is 58.9 Å². The minimum atomic E-state index is 0.311. The average molecular weight is 517 g/mol. The molecule has 4 rings (SSSR count). The topological polar surface area (TPSA) is 56.8 Å². The van der Waals surface area contributed by atoms with Crippen molar-refractivity contribution in [2.45, 2.75) is 51.3 Å². The summed E-state index contributed by atoms with van der Waals surface area (Å²) in [5.41, 5.74) is 2.56. The van der Waals surface area contributed by atoms with Crippen LogP contribution in [0.2, 0.25) is 0 Å². The highest BCUT2D eigenvalue weighted by molar-refractivity contribution is 5.54. The molecule has 204 valence electrons. The molecule has 0 unspecified atom stereocenters. The maximum absolute atomic E-state index is 6.20. The van der Waals surface area contributed by atoms with E-state index in [-0.39, 0.29) is 0 Å². The fourth-order valence-electron chi connectivity index (χ4n) is 5.03. The lowest BCUT2D eigenvalue weighted by Crippen LogP contribution is -2.46. The van der Waals surface area contributed by atoms with Gasteiger partial charge in [-0.2, -0.15) is 9.97 Å². The highest BCUT2D eigenvalue weighted by atomic mass is 16.5. The fourth-order valence-corrected chi connectivity index (χ4v) is 5.03. The summed E-state index contributed by atoms with van der Waals surface area (Å²) < 4.78 is 6.20. The van der Waals surface area contributed by atoms with E-state index in [2.05, 4.69) is 82.1 Å². The number of benzene rings is 1. The molecule has 0 amide bonds. The van der Waals surface area contributed by atoms with Crippen LogP contribution in [0.4, 0.5) is 17.6 Å². The first kappa shape index (κ1) is 27.9. The third-order valence-electron chi connectivity index (χ3n) is 7.39. The van der Waals surface area contributed by atoms with Crippen LogP contribution in [0, 0.1) is 0 Å². The number of hydrogen-bond donors (Lipinski definition) is 1. The predicted molar refractivity (Wildman–Crippen MR) is 159 cm³/mol. The summed E-state index contributed by atoms with van der Waals surface area (Å²) in [7, 11) is 4.08. The zero-order valence-corrected chi connectivity index (χ0v) is 23.4. The molecule has 0 bridgehead atoms. The molecule has 0 atom stereocenters. The monoisotopic (exact) mass is 516 g/mol. The Bertz CT molecular complexity index is 1070. The number of piperazine rings is 1. The van der Waals surface area contributed by atoms with Crippen LogP contribution >= 0.6 is 0 Å². The zero-order valence-electron chi connectivity index (χ0n) is 23.4. The first-order valence-corrected chi connectivity index (χ1v) is 13.9. The molecule has 2 aromatic rings. The van der Waals surface area contributed by atoms with Crippen molar-refractivity contribution in [1.29, 1.82) is 0 Å². The Balaban J connectivity index is 1.30. The molecule has 1 aliphatic heterocycles. The Kier molecular flexibility index (Phi) is 10.4. The van der Waals surface area contributed by atoms with Gasteiger partial charge in [0.1, 0.15) is 11.6 Å². The van der Waals surface area contributed by atoms with Crippen molar-refractivity contribution in [3.05, 3.63) is 78.4 Å². The number of rotatable bonds is 11. The highest BCUT2D eigenvalue weighted by Gasteiger charge is 2.24.